The molecule has 5 heteroatoms. The quantitative estimate of drug-likeness (QED) is 0.594. The van der Waals surface area contributed by atoms with Gasteiger partial charge in [-0.2, -0.15) is 0 Å². The van der Waals surface area contributed by atoms with Crippen molar-refractivity contribution in [1.29, 1.82) is 0 Å². The molecule has 1 N–H and O–H groups in total. The van der Waals surface area contributed by atoms with Crippen molar-refractivity contribution in [1.82, 2.24) is 5.32 Å². The standard InChI is InChI=1S/C19H16INO3/c20-15-8-10-16(11-9-15)24-13-18(22)21-19(17-7-4-12-23-17)14-5-2-1-3-6-14/h1-12,19H,13H2,(H,21,22). The molecule has 2 aromatic carbocycles. The van der Waals surface area contributed by atoms with Gasteiger partial charge >= 0.3 is 0 Å². The molecule has 1 heterocycles. The third-order valence-electron chi connectivity index (χ3n) is 3.45. The van der Waals surface area contributed by atoms with Crippen LogP contribution in [0.2, 0.25) is 0 Å². The fourth-order valence-electron chi connectivity index (χ4n) is 2.30. The molecule has 0 aliphatic heterocycles. The molecule has 0 saturated heterocycles. The van der Waals surface area contributed by atoms with Crippen LogP contribution in [0.3, 0.4) is 0 Å². The van der Waals surface area contributed by atoms with Gasteiger partial charge < -0.3 is 14.5 Å². The Morgan fingerprint density at radius 2 is 1.79 bits per heavy atom. The first-order valence-corrected chi connectivity index (χ1v) is 8.56. The van der Waals surface area contributed by atoms with E-state index in [0.29, 0.717) is 11.5 Å². The van der Waals surface area contributed by atoms with Crippen molar-refractivity contribution in [2.24, 2.45) is 0 Å². The Bertz CT molecular complexity index is 770. The Hall–Kier alpha value is -2.28. The fourth-order valence-corrected chi connectivity index (χ4v) is 2.66. The van der Waals surface area contributed by atoms with E-state index in [0.717, 1.165) is 9.13 Å². The van der Waals surface area contributed by atoms with Gasteiger partial charge in [0, 0.05) is 3.57 Å². The molecule has 0 saturated carbocycles. The topological polar surface area (TPSA) is 51.5 Å². The van der Waals surface area contributed by atoms with Crippen molar-refractivity contribution < 1.29 is 13.9 Å². The maximum atomic E-state index is 12.3. The van der Waals surface area contributed by atoms with Crippen molar-refractivity contribution in [3.05, 3.63) is 87.9 Å². The molecule has 122 valence electrons. The van der Waals surface area contributed by atoms with Crippen LogP contribution in [0, 0.1) is 3.57 Å². The summed E-state index contributed by atoms with van der Waals surface area (Å²) in [7, 11) is 0. The third kappa shape index (κ3) is 4.38. The van der Waals surface area contributed by atoms with E-state index in [1.165, 1.54) is 0 Å². The van der Waals surface area contributed by atoms with E-state index in [-0.39, 0.29) is 18.6 Å². The number of carbonyl (C=O) groups is 1. The van der Waals surface area contributed by atoms with Crippen LogP contribution in [0.15, 0.2) is 77.4 Å². The normalized spacial score (nSPS) is 11.7. The Kier molecular flexibility index (Phi) is 5.53. The summed E-state index contributed by atoms with van der Waals surface area (Å²) in [6.45, 7) is -0.0510. The Balaban J connectivity index is 1.66. The van der Waals surface area contributed by atoms with Gasteiger partial charge in [0.2, 0.25) is 0 Å². The van der Waals surface area contributed by atoms with Crippen molar-refractivity contribution >= 4 is 28.5 Å². The smallest absolute Gasteiger partial charge is 0.258 e. The number of nitrogens with one attached hydrogen (secondary N) is 1. The zero-order valence-electron chi connectivity index (χ0n) is 12.8. The summed E-state index contributed by atoms with van der Waals surface area (Å²) in [4.78, 5) is 12.3. The summed E-state index contributed by atoms with van der Waals surface area (Å²) < 4.78 is 12.1. The molecule has 1 amide bonds. The second-order valence-corrected chi connectivity index (χ2v) is 6.41. The molecule has 1 atom stereocenters. The van der Waals surface area contributed by atoms with Crippen molar-refractivity contribution in [2.45, 2.75) is 6.04 Å². The number of halogens is 1. The Labute approximate surface area is 154 Å². The average Bonchev–Trinajstić information content (AvgIpc) is 3.14. The largest absolute Gasteiger partial charge is 0.484 e. The first-order valence-electron chi connectivity index (χ1n) is 7.48. The van der Waals surface area contributed by atoms with E-state index >= 15 is 0 Å². The molecule has 0 fully saturated rings. The minimum Gasteiger partial charge on any atom is -0.484 e. The van der Waals surface area contributed by atoms with Gasteiger partial charge in [0.15, 0.2) is 6.61 Å². The highest BCUT2D eigenvalue weighted by molar-refractivity contribution is 14.1. The first kappa shape index (κ1) is 16.6. The molecule has 0 aliphatic carbocycles. The van der Waals surface area contributed by atoms with Crippen LogP contribution in [-0.4, -0.2) is 12.5 Å². The van der Waals surface area contributed by atoms with Crippen LogP contribution in [0.4, 0.5) is 0 Å². The number of carbonyl (C=O) groups excluding carboxylic acids is 1. The highest BCUT2D eigenvalue weighted by atomic mass is 127. The molecule has 0 radical (unpaired) electrons. The molecule has 1 aromatic heterocycles. The van der Waals surface area contributed by atoms with Crippen LogP contribution >= 0.6 is 22.6 Å². The van der Waals surface area contributed by atoms with Crippen LogP contribution in [-0.2, 0) is 4.79 Å². The molecule has 0 aliphatic rings. The van der Waals surface area contributed by atoms with E-state index in [1.807, 2.05) is 60.7 Å². The molecule has 0 spiro atoms. The van der Waals surface area contributed by atoms with Gasteiger partial charge in [-0.15, -0.1) is 0 Å². The van der Waals surface area contributed by atoms with E-state index in [2.05, 4.69) is 27.9 Å². The third-order valence-corrected chi connectivity index (χ3v) is 4.17. The average molecular weight is 433 g/mol. The molecule has 4 nitrogen and oxygen atoms in total. The molecule has 24 heavy (non-hydrogen) atoms. The van der Waals surface area contributed by atoms with E-state index in [9.17, 15) is 4.79 Å². The maximum Gasteiger partial charge on any atom is 0.258 e. The summed E-state index contributed by atoms with van der Waals surface area (Å²) in [5, 5.41) is 2.96. The monoisotopic (exact) mass is 433 g/mol. The second kappa shape index (κ2) is 8.01. The zero-order chi connectivity index (χ0) is 16.8. The van der Waals surface area contributed by atoms with Crippen LogP contribution in [0.5, 0.6) is 5.75 Å². The molecule has 1 unspecified atom stereocenters. The summed E-state index contributed by atoms with van der Waals surface area (Å²) in [5.74, 6) is 1.14. The summed E-state index contributed by atoms with van der Waals surface area (Å²) in [5.41, 5.74) is 0.954. The van der Waals surface area contributed by atoms with Crippen molar-refractivity contribution in [3.8, 4) is 5.75 Å². The lowest BCUT2D eigenvalue weighted by Gasteiger charge is -2.17. The number of ether oxygens (including phenoxy) is 1. The predicted octanol–water partition coefficient (Wildman–Crippen LogP) is 4.17. The zero-order valence-corrected chi connectivity index (χ0v) is 15.0. The number of amides is 1. The van der Waals surface area contributed by atoms with E-state index in [1.54, 1.807) is 12.3 Å². The van der Waals surface area contributed by atoms with Gasteiger partial charge in [0.05, 0.1) is 6.26 Å². The van der Waals surface area contributed by atoms with Gasteiger partial charge in [0.1, 0.15) is 17.6 Å². The Morgan fingerprint density at radius 1 is 1.04 bits per heavy atom. The lowest BCUT2D eigenvalue weighted by Crippen LogP contribution is -2.33. The first-order chi connectivity index (χ1) is 11.7. The molecule has 0 bridgehead atoms. The van der Waals surface area contributed by atoms with E-state index < -0.39 is 0 Å². The highest BCUT2D eigenvalue weighted by Crippen LogP contribution is 2.22. The van der Waals surface area contributed by atoms with Gasteiger partial charge in [-0.3, -0.25) is 4.79 Å². The van der Waals surface area contributed by atoms with Crippen LogP contribution in [0.25, 0.3) is 0 Å². The predicted molar refractivity (Wildman–Crippen MR) is 99.8 cm³/mol. The number of benzene rings is 2. The highest BCUT2D eigenvalue weighted by Gasteiger charge is 2.19. The van der Waals surface area contributed by atoms with Crippen molar-refractivity contribution in [2.75, 3.05) is 6.61 Å². The number of hydrogen-bond donors (Lipinski definition) is 1. The minimum absolute atomic E-state index is 0.0510. The van der Waals surface area contributed by atoms with Gasteiger partial charge in [0.25, 0.3) is 5.91 Å². The molecular formula is C19H16INO3. The van der Waals surface area contributed by atoms with Crippen LogP contribution in [0.1, 0.15) is 17.4 Å². The lowest BCUT2D eigenvalue weighted by molar-refractivity contribution is -0.123. The summed E-state index contributed by atoms with van der Waals surface area (Å²) in [6, 6.07) is 20.6. The number of rotatable bonds is 6. The molecule has 3 rings (SSSR count). The van der Waals surface area contributed by atoms with Crippen LogP contribution < -0.4 is 10.1 Å². The van der Waals surface area contributed by atoms with Gasteiger partial charge in [-0.05, 0) is 64.6 Å². The fraction of sp³-hybridized carbons (Fsp3) is 0.105. The summed E-state index contributed by atoms with van der Waals surface area (Å²) >= 11 is 2.22. The molecular weight excluding hydrogens is 417 g/mol. The van der Waals surface area contributed by atoms with E-state index in [4.69, 9.17) is 9.15 Å². The number of hydrogen-bond acceptors (Lipinski definition) is 3. The maximum absolute atomic E-state index is 12.3. The van der Waals surface area contributed by atoms with Gasteiger partial charge in [-0.1, -0.05) is 30.3 Å². The van der Waals surface area contributed by atoms with Crippen molar-refractivity contribution in [3.63, 3.8) is 0 Å². The van der Waals surface area contributed by atoms with Gasteiger partial charge in [-0.25, -0.2) is 0 Å². The lowest BCUT2D eigenvalue weighted by atomic mass is 10.0. The summed E-state index contributed by atoms with van der Waals surface area (Å²) in [6.07, 6.45) is 1.60. The molecule has 3 aromatic rings. The minimum atomic E-state index is -0.339. The Morgan fingerprint density at radius 3 is 2.46 bits per heavy atom. The second-order valence-electron chi connectivity index (χ2n) is 5.17. The SMILES string of the molecule is O=C(COc1ccc(I)cc1)NC(c1ccccc1)c1ccco1. The number of furan rings is 1.